The first-order valence-corrected chi connectivity index (χ1v) is 7.34. The zero-order valence-corrected chi connectivity index (χ0v) is 13.9. The molecule has 0 aromatic heterocycles. The third-order valence-corrected chi connectivity index (χ3v) is 3.19. The molecule has 0 atom stereocenters. The van der Waals surface area contributed by atoms with E-state index in [-0.39, 0.29) is 6.61 Å². The topological polar surface area (TPSA) is 92.9 Å². The minimum atomic E-state index is -0.453. The summed E-state index contributed by atoms with van der Waals surface area (Å²) in [6.07, 6.45) is 1.45. The van der Waals surface area contributed by atoms with Gasteiger partial charge in [0, 0.05) is 5.56 Å². The van der Waals surface area contributed by atoms with Gasteiger partial charge in [-0.15, -0.1) is 0 Å². The van der Waals surface area contributed by atoms with E-state index in [0.29, 0.717) is 28.4 Å². The summed E-state index contributed by atoms with van der Waals surface area (Å²) in [7, 11) is 3.06. The Morgan fingerprint density at radius 1 is 1.16 bits per heavy atom. The second-order valence-corrected chi connectivity index (χ2v) is 4.77. The fraction of sp³-hybridized carbons (Fsp3) is 0.167. The standard InChI is InChI=1S/C18H17N3O4/c1-23-16-9-5-7-14(18(16)24-2)11-20-21-17(22)12-25-15-8-4-3-6-13(15)10-19/h3-9,11H,12H2,1-2H3,(H,21,22)/b20-11+. The van der Waals surface area contributed by atoms with Crippen molar-refractivity contribution < 1.29 is 19.0 Å². The number of rotatable bonds is 7. The first-order valence-electron chi connectivity index (χ1n) is 7.34. The molecular formula is C18H17N3O4. The maximum absolute atomic E-state index is 11.8. The Morgan fingerprint density at radius 2 is 1.92 bits per heavy atom. The maximum atomic E-state index is 11.8. The van der Waals surface area contributed by atoms with E-state index in [1.165, 1.54) is 20.4 Å². The van der Waals surface area contributed by atoms with Crippen LogP contribution in [0.5, 0.6) is 17.2 Å². The van der Waals surface area contributed by atoms with E-state index in [1.807, 2.05) is 6.07 Å². The highest BCUT2D eigenvalue weighted by Crippen LogP contribution is 2.29. The summed E-state index contributed by atoms with van der Waals surface area (Å²) in [6.45, 7) is -0.259. The summed E-state index contributed by atoms with van der Waals surface area (Å²) < 4.78 is 15.8. The number of nitrogens with one attached hydrogen (secondary N) is 1. The second kappa shape index (κ2) is 8.93. The molecule has 0 radical (unpaired) electrons. The molecular weight excluding hydrogens is 322 g/mol. The van der Waals surface area contributed by atoms with E-state index in [0.717, 1.165) is 0 Å². The van der Waals surface area contributed by atoms with Gasteiger partial charge in [-0.2, -0.15) is 10.4 Å². The highest BCUT2D eigenvalue weighted by atomic mass is 16.5. The molecule has 0 bridgehead atoms. The predicted molar refractivity (Wildman–Crippen MR) is 91.9 cm³/mol. The minimum Gasteiger partial charge on any atom is -0.493 e. The molecule has 1 amide bonds. The van der Waals surface area contributed by atoms with Gasteiger partial charge >= 0.3 is 0 Å². The molecule has 1 N–H and O–H groups in total. The van der Waals surface area contributed by atoms with E-state index in [2.05, 4.69) is 10.5 Å². The van der Waals surface area contributed by atoms with Crippen molar-refractivity contribution in [2.24, 2.45) is 5.10 Å². The molecule has 2 aromatic carbocycles. The maximum Gasteiger partial charge on any atom is 0.277 e. The summed E-state index contributed by atoms with van der Waals surface area (Å²) in [6, 6.07) is 14.0. The average Bonchev–Trinajstić information content (AvgIpc) is 2.66. The third kappa shape index (κ3) is 4.72. The van der Waals surface area contributed by atoms with Gasteiger partial charge in [0.2, 0.25) is 0 Å². The fourth-order valence-electron chi connectivity index (χ4n) is 2.05. The molecule has 0 aliphatic heterocycles. The Labute approximate surface area is 145 Å². The number of hydrogen-bond donors (Lipinski definition) is 1. The summed E-state index contributed by atoms with van der Waals surface area (Å²) in [5.41, 5.74) is 3.37. The van der Waals surface area contributed by atoms with Gasteiger partial charge in [0.05, 0.1) is 26.0 Å². The normalized spacial score (nSPS) is 10.1. The lowest BCUT2D eigenvalue weighted by Gasteiger charge is -2.09. The van der Waals surface area contributed by atoms with Crippen LogP contribution in [0.25, 0.3) is 0 Å². The van der Waals surface area contributed by atoms with E-state index in [9.17, 15) is 4.79 Å². The molecule has 25 heavy (non-hydrogen) atoms. The highest BCUT2D eigenvalue weighted by Gasteiger charge is 2.08. The van der Waals surface area contributed by atoms with Crippen molar-refractivity contribution in [3.63, 3.8) is 0 Å². The van der Waals surface area contributed by atoms with Crippen LogP contribution in [-0.4, -0.2) is 32.9 Å². The first kappa shape index (κ1) is 17.8. The Morgan fingerprint density at radius 3 is 2.64 bits per heavy atom. The molecule has 7 heteroatoms. The van der Waals surface area contributed by atoms with E-state index < -0.39 is 5.91 Å². The van der Waals surface area contributed by atoms with Crippen LogP contribution in [0.3, 0.4) is 0 Å². The number of methoxy groups -OCH3 is 2. The zero-order chi connectivity index (χ0) is 18.1. The number of carbonyl (C=O) groups is 1. The zero-order valence-electron chi connectivity index (χ0n) is 13.9. The smallest absolute Gasteiger partial charge is 0.277 e. The van der Waals surface area contributed by atoms with E-state index in [4.69, 9.17) is 19.5 Å². The summed E-state index contributed by atoms with van der Waals surface area (Å²) in [5.74, 6) is 0.973. The fourth-order valence-corrected chi connectivity index (χ4v) is 2.05. The summed E-state index contributed by atoms with van der Waals surface area (Å²) >= 11 is 0. The lowest BCUT2D eigenvalue weighted by Crippen LogP contribution is -2.24. The van der Waals surface area contributed by atoms with Gasteiger partial charge < -0.3 is 14.2 Å². The Bertz CT molecular complexity index is 812. The van der Waals surface area contributed by atoms with Crippen molar-refractivity contribution in [2.45, 2.75) is 0 Å². The molecule has 0 spiro atoms. The Balaban J connectivity index is 1.94. The number of para-hydroxylation sites is 2. The van der Waals surface area contributed by atoms with Gasteiger partial charge in [-0.05, 0) is 24.3 Å². The Kier molecular flexibility index (Phi) is 6.37. The predicted octanol–water partition coefficient (Wildman–Crippen LogP) is 2.10. The summed E-state index contributed by atoms with van der Waals surface area (Å²) in [4.78, 5) is 11.8. The molecule has 0 heterocycles. The quantitative estimate of drug-likeness (QED) is 0.616. The molecule has 7 nitrogen and oxygen atoms in total. The van der Waals surface area contributed by atoms with Crippen molar-refractivity contribution in [1.29, 1.82) is 5.26 Å². The van der Waals surface area contributed by atoms with Crippen molar-refractivity contribution in [1.82, 2.24) is 5.43 Å². The molecule has 0 fully saturated rings. The SMILES string of the molecule is COc1cccc(/C=N/NC(=O)COc2ccccc2C#N)c1OC. The van der Waals surface area contributed by atoms with Gasteiger partial charge in [0.25, 0.3) is 5.91 Å². The van der Waals surface area contributed by atoms with Crippen molar-refractivity contribution in [3.05, 3.63) is 53.6 Å². The van der Waals surface area contributed by atoms with Crippen molar-refractivity contribution in [3.8, 4) is 23.3 Å². The lowest BCUT2D eigenvalue weighted by atomic mass is 10.2. The molecule has 128 valence electrons. The van der Waals surface area contributed by atoms with Crippen molar-refractivity contribution in [2.75, 3.05) is 20.8 Å². The van der Waals surface area contributed by atoms with Crippen LogP contribution in [0.1, 0.15) is 11.1 Å². The minimum absolute atomic E-state index is 0.259. The van der Waals surface area contributed by atoms with Gasteiger partial charge in [0.15, 0.2) is 18.1 Å². The third-order valence-electron chi connectivity index (χ3n) is 3.19. The average molecular weight is 339 g/mol. The second-order valence-electron chi connectivity index (χ2n) is 4.77. The number of ether oxygens (including phenoxy) is 3. The molecule has 0 saturated carbocycles. The van der Waals surface area contributed by atoms with Crippen LogP contribution in [0, 0.1) is 11.3 Å². The van der Waals surface area contributed by atoms with Gasteiger partial charge in [-0.3, -0.25) is 4.79 Å². The molecule has 0 unspecified atom stereocenters. The van der Waals surface area contributed by atoms with Gasteiger partial charge in [-0.1, -0.05) is 18.2 Å². The van der Waals surface area contributed by atoms with Crippen LogP contribution in [0.2, 0.25) is 0 Å². The number of hydrazone groups is 1. The molecule has 0 saturated heterocycles. The van der Waals surface area contributed by atoms with Gasteiger partial charge in [-0.25, -0.2) is 5.43 Å². The first-order chi connectivity index (χ1) is 12.2. The monoisotopic (exact) mass is 339 g/mol. The number of benzene rings is 2. The van der Waals surface area contributed by atoms with E-state index in [1.54, 1.807) is 42.5 Å². The van der Waals surface area contributed by atoms with Crippen LogP contribution in [0.4, 0.5) is 0 Å². The highest BCUT2D eigenvalue weighted by molar-refractivity contribution is 5.86. The number of carbonyl (C=O) groups excluding carboxylic acids is 1. The van der Waals surface area contributed by atoms with Crippen LogP contribution in [0.15, 0.2) is 47.6 Å². The summed E-state index contributed by atoms with van der Waals surface area (Å²) in [5, 5.41) is 12.8. The number of nitriles is 1. The molecule has 2 aromatic rings. The largest absolute Gasteiger partial charge is 0.493 e. The van der Waals surface area contributed by atoms with Crippen LogP contribution in [-0.2, 0) is 4.79 Å². The lowest BCUT2D eigenvalue weighted by molar-refractivity contribution is -0.123. The number of hydrogen-bond acceptors (Lipinski definition) is 6. The molecule has 2 rings (SSSR count). The van der Waals surface area contributed by atoms with E-state index >= 15 is 0 Å². The van der Waals surface area contributed by atoms with Crippen LogP contribution < -0.4 is 19.6 Å². The molecule has 0 aliphatic carbocycles. The number of amides is 1. The van der Waals surface area contributed by atoms with Crippen molar-refractivity contribution >= 4 is 12.1 Å². The van der Waals surface area contributed by atoms with Crippen LogP contribution >= 0.6 is 0 Å². The van der Waals surface area contributed by atoms with Gasteiger partial charge in [0.1, 0.15) is 11.8 Å². The molecule has 0 aliphatic rings. The Hall–Kier alpha value is -3.53. The number of nitrogens with zero attached hydrogens (tertiary/aromatic N) is 2.